The van der Waals surface area contributed by atoms with Crippen LogP contribution in [0.1, 0.15) is 15.2 Å². The van der Waals surface area contributed by atoms with Crippen LogP contribution in [-0.4, -0.2) is 5.91 Å². The molecular formula is C12H10BrClN2OS. The number of carbonyl (C=O) groups excluding carboxylic acids is 1. The molecule has 0 unspecified atom stereocenters. The molecule has 1 heterocycles. The first-order chi connectivity index (χ1) is 8.56. The van der Waals surface area contributed by atoms with Gasteiger partial charge in [-0.2, -0.15) is 0 Å². The minimum absolute atomic E-state index is 0.225. The summed E-state index contributed by atoms with van der Waals surface area (Å²) in [5, 5.41) is 3.20. The minimum atomic E-state index is -0.225. The maximum absolute atomic E-state index is 11.9. The topological polar surface area (TPSA) is 55.1 Å². The fourth-order valence-electron chi connectivity index (χ4n) is 1.43. The molecule has 1 aromatic carbocycles. The predicted octanol–water partition coefficient (Wildman–Crippen LogP) is 3.68. The molecule has 0 radical (unpaired) electrons. The summed E-state index contributed by atoms with van der Waals surface area (Å²) in [6, 6.07) is 8.75. The van der Waals surface area contributed by atoms with Gasteiger partial charge in [-0.25, -0.2) is 0 Å². The predicted molar refractivity (Wildman–Crippen MR) is 79.1 cm³/mol. The lowest BCUT2D eigenvalue weighted by atomic mass is 10.2. The van der Waals surface area contributed by atoms with Gasteiger partial charge in [0.05, 0.1) is 20.9 Å². The molecule has 0 aliphatic carbocycles. The van der Waals surface area contributed by atoms with Crippen LogP contribution in [0.15, 0.2) is 34.1 Å². The normalized spacial score (nSPS) is 10.3. The summed E-state index contributed by atoms with van der Waals surface area (Å²) < 4.78 is 1.04. The number of hydrogen-bond donors (Lipinski definition) is 2. The first-order valence-electron chi connectivity index (χ1n) is 5.13. The number of halogens is 2. The summed E-state index contributed by atoms with van der Waals surface area (Å²) in [5.74, 6) is -0.225. The van der Waals surface area contributed by atoms with Crippen molar-refractivity contribution in [3.05, 3.63) is 49.6 Å². The van der Waals surface area contributed by atoms with Gasteiger partial charge in [0.1, 0.15) is 0 Å². The van der Waals surface area contributed by atoms with E-state index in [1.165, 1.54) is 0 Å². The van der Waals surface area contributed by atoms with E-state index in [0.717, 1.165) is 8.66 Å². The van der Waals surface area contributed by atoms with E-state index in [2.05, 4.69) is 21.2 Å². The van der Waals surface area contributed by atoms with Crippen molar-refractivity contribution in [1.82, 2.24) is 5.32 Å². The van der Waals surface area contributed by atoms with Crippen LogP contribution in [0, 0.1) is 0 Å². The number of rotatable bonds is 3. The van der Waals surface area contributed by atoms with Gasteiger partial charge < -0.3 is 11.1 Å². The fraction of sp³-hybridized carbons (Fsp3) is 0.0833. The molecule has 0 spiro atoms. The zero-order valence-electron chi connectivity index (χ0n) is 9.24. The summed E-state index contributed by atoms with van der Waals surface area (Å²) in [6.07, 6.45) is 0. The van der Waals surface area contributed by atoms with Crippen molar-refractivity contribution in [2.45, 2.75) is 6.54 Å². The van der Waals surface area contributed by atoms with E-state index in [0.29, 0.717) is 22.8 Å². The van der Waals surface area contributed by atoms with Crippen LogP contribution >= 0.6 is 38.9 Å². The third-order valence-corrected chi connectivity index (χ3v) is 4.24. The highest BCUT2D eigenvalue weighted by atomic mass is 79.9. The third-order valence-electron chi connectivity index (χ3n) is 2.29. The van der Waals surface area contributed by atoms with Crippen LogP contribution in [-0.2, 0) is 6.54 Å². The van der Waals surface area contributed by atoms with Gasteiger partial charge in [-0.05, 0) is 46.3 Å². The van der Waals surface area contributed by atoms with E-state index in [9.17, 15) is 4.79 Å². The van der Waals surface area contributed by atoms with Gasteiger partial charge in [0.2, 0.25) is 0 Å². The molecule has 1 aromatic heterocycles. The number of nitrogens with two attached hydrogens (primary N) is 1. The highest BCUT2D eigenvalue weighted by Gasteiger charge is 2.10. The minimum Gasteiger partial charge on any atom is -0.399 e. The molecular weight excluding hydrogens is 336 g/mol. The summed E-state index contributed by atoms with van der Waals surface area (Å²) in [5.41, 5.74) is 6.55. The zero-order valence-corrected chi connectivity index (χ0v) is 12.4. The molecule has 6 heteroatoms. The molecule has 0 aliphatic rings. The molecule has 3 N–H and O–H groups in total. The van der Waals surface area contributed by atoms with Crippen LogP contribution < -0.4 is 11.1 Å². The second-order valence-corrected chi connectivity index (χ2v) is 6.58. The quantitative estimate of drug-likeness (QED) is 0.834. The molecule has 0 saturated carbocycles. The summed E-state index contributed by atoms with van der Waals surface area (Å²) in [4.78, 5) is 13.0. The second-order valence-electron chi connectivity index (χ2n) is 3.63. The highest BCUT2D eigenvalue weighted by molar-refractivity contribution is 9.11. The summed E-state index contributed by atoms with van der Waals surface area (Å²) in [6.45, 7) is 0.472. The lowest BCUT2D eigenvalue weighted by molar-refractivity contribution is 0.0951. The molecule has 94 valence electrons. The molecule has 0 fully saturated rings. The van der Waals surface area contributed by atoms with Gasteiger partial charge in [-0.3, -0.25) is 4.79 Å². The third kappa shape index (κ3) is 3.25. The monoisotopic (exact) mass is 344 g/mol. The SMILES string of the molecule is Nc1ccc(Cl)c(C(=O)NCc2ccc(Br)s2)c1. The Kier molecular flexibility index (Phi) is 4.27. The van der Waals surface area contributed by atoms with Crippen LogP contribution in [0.3, 0.4) is 0 Å². The smallest absolute Gasteiger partial charge is 0.253 e. The Hall–Kier alpha value is -1.04. The van der Waals surface area contributed by atoms with Crippen molar-refractivity contribution >= 4 is 50.5 Å². The maximum atomic E-state index is 11.9. The fourth-order valence-corrected chi connectivity index (χ4v) is 3.05. The van der Waals surface area contributed by atoms with Gasteiger partial charge in [0.15, 0.2) is 0 Å². The van der Waals surface area contributed by atoms with Crippen LogP contribution in [0.5, 0.6) is 0 Å². The zero-order chi connectivity index (χ0) is 13.1. The van der Waals surface area contributed by atoms with Crippen LogP contribution in [0.2, 0.25) is 5.02 Å². The van der Waals surface area contributed by atoms with Crippen molar-refractivity contribution in [3.8, 4) is 0 Å². The first kappa shape index (κ1) is 13.4. The number of anilines is 1. The van der Waals surface area contributed by atoms with Crippen molar-refractivity contribution in [2.75, 3.05) is 5.73 Å². The largest absolute Gasteiger partial charge is 0.399 e. The van der Waals surface area contributed by atoms with Gasteiger partial charge in [-0.15, -0.1) is 11.3 Å². The molecule has 0 bridgehead atoms. The van der Waals surface area contributed by atoms with Crippen molar-refractivity contribution in [3.63, 3.8) is 0 Å². The van der Waals surface area contributed by atoms with E-state index >= 15 is 0 Å². The molecule has 0 atom stereocenters. The van der Waals surface area contributed by atoms with E-state index in [4.69, 9.17) is 17.3 Å². The number of carbonyl (C=O) groups is 1. The Labute approximate surface area is 122 Å². The van der Waals surface area contributed by atoms with Gasteiger partial charge in [0, 0.05) is 10.6 Å². The molecule has 2 rings (SSSR count). The molecule has 2 aromatic rings. The average Bonchev–Trinajstić information content (AvgIpc) is 2.75. The number of nitrogen functional groups attached to an aromatic ring is 1. The van der Waals surface area contributed by atoms with Crippen LogP contribution in [0.4, 0.5) is 5.69 Å². The first-order valence-corrected chi connectivity index (χ1v) is 7.12. The van der Waals surface area contributed by atoms with Crippen molar-refractivity contribution in [1.29, 1.82) is 0 Å². The van der Waals surface area contributed by atoms with E-state index in [1.54, 1.807) is 29.5 Å². The molecule has 0 aliphatic heterocycles. The standard InChI is InChI=1S/C12H10BrClN2OS/c13-11-4-2-8(18-11)6-16-12(17)9-5-7(15)1-3-10(9)14/h1-5H,6,15H2,(H,16,17). The molecule has 3 nitrogen and oxygen atoms in total. The Morgan fingerprint density at radius 2 is 2.17 bits per heavy atom. The average molecular weight is 346 g/mol. The summed E-state index contributed by atoms with van der Waals surface area (Å²) >= 11 is 10.9. The number of amides is 1. The van der Waals surface area contributed by atoms with Gasteiger partial charge >= 0.3 is 0 Å². The van der Waals surface area contributed by atoms with Crippen molar-refractivity contribution in [2.24, 2.45) is 0 Å². The van der Waals surface area contributed by atoms with Gasteiger partial charge in [-0.1, -0.05) is 11.6 Å². The number of hydrogen-bond acceptors (Lipinski definition) is 3. The second kappa shape index (κ2) is 5.73. The summed E-state index contributed by atoms with van der Waals surface area (Å²) in [7, 11) is 0. The molecule has 0 saturated heterocycles. The van der Waals surface area contributed by atoms with Gasteiger partial charge in [0.25, 0.3) is 5.91 Å². The van der Waals surface area contributed by atoms with E-state index < -0.39 is 0 Å². The lowest BCUT2D eigenvalue weighted by Gasteiger charge is -2.06. The van der Waals surface area contributed by atoms with Crippen LogP contribution in [0.25, 0.3) is 0 Å². The number of thiophene rings is 1. The Morgan fingerprint density at radius 3 is 2.83 bits per heavy atom. The lowest BCUT2D eigenvalue weighted by Crippen LogP contribution is -2.22. The Morgan fingerprint density at radius 1 is 1.39 bits per heavy atom. The molecule has 1 amide bonds. The highest BCUT2D eigenvalue weighted by Crippen LogP contribution is 2.22. The maximum Gasteiger partial charge on any atom is 0.253 e. The Bertz CT molecular complexity index is 585. The number of benzene rings is 1. The van der Waals surface area contributed by atoms with Crippen molar-refractivity contribution < 1.29 is 4.79 Å². The van der Waals surface area contributed by atoms with E-state index in [-0.39, 0.29) is 5.91 Å². The molecule has 18 heavy (non-hydrogen) atoms. The van der Waals surface area contributed by atoms with E-state index in [1.807, 2.05) is 12.1 Å². The number of nitrogens with one attached hydrogen (secondary N) is 1. The Balaban J connectivity index is 2.05.